The summed E-state index contributed by atoms with van der Waals surface area (Å²) in [5, 5.41) is 4.09. The van der Waals surface area contributed by atoms with E-state index < -0.39 is 5.66 Å². The predicted octanol–water partition coefficient (Wildman–Crippen LogP) is 4.59. The molecule has 0 bridgehead atoms. The average molecular weight is 407 g/mol. The summed E-state index contributed by atoms with van der Waals surface area (Å²) < 4.78 is 27.5. The first-order valence-corrected chi connectivity index (χ1v) is 9.77. The smallest absolute Gasteiger partial charge is 0.299 e. The number of benzene rings is 1. The molecule has 0 saturated heterocycles. The largest absolute Gasteiger partial charge is 0.314 e. The van der Waals surface area contributed by atoms with E-state index >= 15 is 0 Å². The lowest BCUT2D eigenvalue weighted by molar-refractivity contribution is -0.107. The van der Waals surface area contributed by atoms with Gasteiger partial charge in [0.05, 0.1) is 4.88 Å². The molecule has 8 heteroatoms. The van der Waals surface area contributed by atoms with Crippen LogP contribution in [0, 0.1) is 6.92 Å². The summed E-state index contributed by atoms with van der Waals surface area (Å²) in [5.41, 5.74) is -0.0925. The number of alkyl halides is 2. The average Bonchev–Trinajstić information content (AvgIpc) is 3.32. The number of carbonyl (C=O) groups excluding carboxylic acids is 1. The number of rotatable bonds is 3. The standard InChI is InChI=1S/C10H11F2N2PS.C9H9NO/c1-6-3-4-8(16-6)7-5-9(10(11,12)15)14(2)13-7;11-7-10-6-5-8-3-1-2-4-9(8)10/h3-5H,15H2,1-2H3;1-4,7H,5-6H2. The number of amides is 1. The highest BCUT2D eigenvalue weighted by Gasteiger charge is 2.29. The zero-order valence-electron chi connectivity index (χ0n) is 15.0. The van der Waals surface area contributed by atoms with E-state index in [1.165, 1.54) is 32.6 Å². The van der Waals surface area contributed by atoms with Crippen molar-refractivity contribution < 1.29 is 13.6 Å². The molecule has 0 saturated carbocycles. The molecule has 0 aliphatic carbocycles. The van der Waals surface area contributed by atoms with Crippen LogP contribution in [0.1, 0.15) is 16.1 Å². The van der Waals surface area contributed by atoms with Gasteiger partial charge in [-0.15, -0.1) is 11.3 Å². The molecule has 2 aromatic heterocycles. The Morgan fingerprint density at radius 3 is 2.59 bits per heavy atom. The van der Waals surface area contributed by atoms with E-state index in [0.717, 1.165) is 34.8 Å². The summed E-state index contributed by atoms with van der Waals surface area (Å²) in [4.78, 5) is 14.3. The maximum absolute atomic E-state index is 13.2. The molecule has 1 atom stereocenters. The molecule has 1 aliphatic rings. The number of anilines is 1. The molecule has 0 radical (unpaired) electrons. The van der Waals surface area contributed by atoms with Crippen LogP contribution in [0.3, 0.4) is 0 Å². The van der Waals surface area contributed by atoms with Crippen LogP contribution >= 0.6 is 20.6 Å². The molecule has 4 nitrogen and oxygen atoms in total. The molecular formula is C19H20F2N3OPS. The van der Waals surface area contributed by atoms with Crippen LogP contribution in [0.15, 0.2) is 42.5 Å². The Kier molecular flexibility index (Phi) is 5.72. The third kappa shape index (κ3) is 4.42. The van der Waals surface area contributed by atoms with Crippen LogP contribution in [0.4, 0.5) is 14.5 Å². The molecule has 3 aromatic rings. The molecule has 0 N–H and O–H groups in total. The van der Waals surface area contributed by atoms with Gasteiger partial charge in [-0.2, -0.15) is 13.9 Å². The molecule has 4 rings (SSSR count). The van der Waals surface area contributed by atoms with Crippen LogP contribution in [-0.4, -0.2) is 22.7 Å². The van der Waals surface area contributed by atoms with Gasteiger partial charge < -0.3 is 4.90 Å². The number of halogens is 2. The predicted molar refractivity (Wildman–Crippen MR) is 108 cm³/mol. The molecular weight excluding hydrogens is 387 g/mol. The molecule has 1 amide bonds. The van der Waals surface area contributed by atoms with Gasteiger partial charge in [0.15, 0.2) is 0 Å². The van der Waals surface area contributed by atoms with Crippen molar-refractivity contribution in [3.8, 4) is 10.6 Å². The second-order valence-corrected chi connectivity index (χ2v) is 8.26. The van der Waals surface area contributed by atoms with Crippen LogP contribution < -0.4 is 4.90 Å². The number of thiophene rings is 1. The minimum absolute atomic E-state index is 0.0986. The summed E-state index contributed by atoms with van der Waals surface area (Å²) in [6.45, 7) is 2.81. The van der Waals surface area contributed by atoms with Gasteiger partial charge in [-0.05, 0) is 43.2 Å². The lowest BCUT2D eigenvalue weighted by atomic mass is 10.2. The van der Waals surface area contributed by atoms with Crippen LogP contribution in [0.25, 0.3) is 10.6 Å². The highest BCUT2D eigenvalue weighted by Crippen LogP contribution is 2.37. The molecule has 1 aliphatic heterocycles. The van der Waals surface area contributed by atoms with Gasteiger partial charge in [-0.3, -0.25) is 9.48 Å². The minimum atomic E-state index is -2.94. The number of para-hydroxylation sites is 1. The zero-order valence-corrected chi connectivity index (χ0v) is 17.0. The fourth-order valence-electron chi connectivity index (χ4n) is 2.95. The van der Waals surface area contributed by atoms with E-state index in [-0.39, 0.29) is 5.69 Å². The first-order valence-electron chi connectivity index (χ1n) is 8.37. The van der Waals surface area contributed by atoms with Crippen molar-refractivity contribution >= 4 is 32.7 Å². The number of hydrogen-bond acceptors (Lipinski definition) is 3. The molecule has 1 aromatic carbocycles. The van der Waals surface area contributed by atoms with Crippen molar-refractivity contribution in [1.82, 2.24) is 9.78 Å². The van der Waals surface area contributed by atoms with Gasteiger partial charge >= 0.3 is 0 Å². The van der Waals surface area contributed by atoms with Gasteiger partial charge in [0.1, 0.15) is 11.4 Å². The lowest BCUT2D eigenvalue weighted by Crippen LogP contribution is -2.16. The van der Waals surface area contributed by atoms with Gasteiger partial charge in [-0.1, -0.05) is 27.4 Å². The molecule has 27 heavy (non-hydrogen) atoms. The number of nitrogens with zero attached hydrogens (tertiary/aromatic N) is 3. The van der Waals surface area contributed by atoms with Gasteiger partial charge in [0.2, 0.25) is 6.41 Å². The molecule has 0 spiro atoms. The normalized spacial score (nSPS) is 13.1. The maximum atomic E-state index is 13.2. The SMILES string of the molecule is Cc1ccc(-c2cc(C(F)(F)P)n(C)n2)s1.O=CN1CCc2ccccc21. The molecule has 1 unspecified atom stereocenters. The van der Waals surface area contributed by atoms with E-state index in [1.54, 1.807) is 16.2 Å². The van der Waals surface area contributed by atoms with E-state index in [4.69, 9.17) is 0 Å². The second-order valence-electron chi connectivity index (χ2n) is 6.25. The van der Waals surface area contributed by atoms with Crippen molar-refractivity contribution in [1.29, 1.82) is 0 Å². The first-order chi connectivity index (χ1) is 12.8. The fraction of sp³-hybridized carbons (Fsp3) is 0.263. The second kappa shape index (κ2) is 7.87. The quantitative estimate of drug-likeness (QED) is 0.471. The van der Waals surface area contributed by atoms with Crippen molar-refractivity contribution in [3.63, 3.8) is 0 Å². The van der Waals surface area contributed by atoms with Gasteiger partial charge in [0.25, 0.3) is 5.66 Å². The van der Waals surface area contributed by atoms with Gasteiger partial charge in [0, 0.05) is 24.2 Å². The number of carbonyl (C=O) groups is 1. The maximum Gasteiger partial charge on any atom is 0.299 e. The Hall–Kier alpha value is -2.11. The van der Waals surface area contributed by atoms with E-state index in [0.29, 0.717) is 5.69 Å². The number of aryl methyl sites for hydroxylation is 2. The highest BCUT2D eigenvalue weighted by atomic mass is 32.1. The summed E-state index contributed by atoms with van der Waals surface area (Å²) in [6, 6.07) is 13.3. The molecule has 0 fully saturated rings. The van der Waals surface area contributed by atoms with Crippen molar-refractivity contribution in [3.05, 3.63) is 58.6 Å². The number of hydrogen-bond donors (Lipinski definition) is 0. The van der Waals surface area contributed by atoms with Crippen LogP contribution in [0.5, 0.6) is 0 Å². The van der Waals surface area contributed by atoms with Crippen molar-refractivity contribution in [2.75, 3.05) is 11.4 Å². The summed E-state index contributed by atoms with van der Waals surface area (Å²) >= 11 is 1.55. The summed E-state index contributed by atoms with van der Waals surface area (Å²) in [5.74, 6) is 0. The van der Waals surface area contributed by atoms with E-state index in [9.17, 15) is 13.6 Å². The monoisotopic (exact) mass is 407 g/mol. The Bertz CT molecular complexity index is 949. The van der Waals surface area contributed by atoms with Crippen LogP contribution in [-0.2, 0) is 23.9 Å². The van der Waals surface area contributed by atoms with Crippen molar-refractivity contribution in [2.45, 2.75) is 19.0 Å². The highest BCUT2D eigenvalue weighted by molar-refractivity contribution is 7.17. The Labute approximate surface area is 163 Å². The zero-order chi connectivity index (χ0) is 19.6. The fourth-order valence-corrected chi connectivity index (χ4v) is 4.04. The van der Waals surface area contributed by atoms with Crippen LogP contribution in [0.2, 0.25) is 0 Å². The first kappa shape index (κ1) is 19.6. The lowest BCUT2D eigenvalue weighted by Gasteiger charge is -2.08. The van der Waals surface area contributed by atoms with Crippen molar-refractivity contribution in [2.24, 2.45) is 7.05 Å². The van der Waals surface area contributed by atoms with E-state index in [2.05, 4.69) is 11.2 Å². The summed E-state index contributed by atoms with van der Waals surface area (Å²) in [7, 11) is 3.05. The number of aromatic nitrogens is 2. The van der Waals surface area contributed by atoms with E-state index in [1.807, 2.05) is 37.3 Å². The Morgan fingerprint density at radius 2 is 2.00 bits per heavy atom. The molecule has 3 heterocycles. The van der Waals surface area contributed by atoms with Gasteiger partial charge in [-0.25, -0.2) is 0 Å². The Morgan fingerprint density at radius 1 is 1.26 bits per heavy atom. The topological polar surface area (TPSA) is 38.1 Å². The third-order valence-corrected chi connectivity index (χ3v) is 5.58. The Balaban J connectivity index is 0.000000166. The molecule has 142 valence electrons. The minimum Gasteiger partial charge on any atom is -0.314 e. The number of fused-ring (bicyclic) bond motifs is 1. The summed E-state index contributed by atoms with van der Waals surface area (Å²) in [6.07, 6.45) is 1.89. The third-order valence-electron chi connectivity index (χ3n) is 4.26.